The molecule has 0 atom stereocenters. The van der Waals surface area contributed by atoms with Gasteiger partial charge in [0.15, 0.2) is 0 Å². The molecule has 1 fully saturated rings. The van der Waals surface area contributed by atoms with Crippen LogP contribution in [-0.2, 0) is 4.74 Å². The van der Waals surface area contributed by atoms with E-state index < -0.39 is 8.07 Å². The molecule has 0 bridgehead atoms. The lowest BCUT2D eigenvalue weighted by Crippen LogP contribution is -2.54. The lowest BCUT2D eigenvalue weighted by molar-refractivity contribution is 0.0457. The molecule has 0 saturated carbocycles. The summed E-state index contributed by atoms with van der Waals surface area (Å²) in [4.78, 5) is 2.55. The average molecular weight is 261 g/mol. The fraction of sp³-hybridized carbons (Fsp3) is 0.467. The van der Waals surface area contributed by atoms with Gasteiger partial charge in [-0.3, -0.25) is 0 Å². The smallest absolute Gasteiger partial charge is 0.0949 e. The van der Waals surface area contributed by atoms with Crippen LogP contribution in [0.5, 0.6) is 0 Å². The van der Waals surface area contributed by atoms with Crippen molar-refractivity contribution in [3.8, 4) is 0 Å². The first-order valence-corrected chi connectivity index (χ1v) is 9.85. The molecule has 0 N–H and O–H groups in total. The molecule has 1 saturated heterocycles. The Morgan fingerprint density at radius 1 is 1.33 bits per heavy atom. The first-order chi connectivity index (χ1) is 8.62. The molecule has 98 valence electrons. The molecule has 0 spiro atoms. The number of morpholine rings is 1. The number of nitrogens with zero attached hydrogens (tertiary/aromatic N) is 1. The summed E-state index contributed by atoms with van der Waals surface area (Å²) in [5.41, 5.74) is 1.23. The van der Waals surface area contributed by atoms with Crippen LogP contribution in [0, 0.1) is 0 Å². The third kappa shape index (κ3) is 3.31. The van der Waals surface area contributed by atoms with E-state index in [2.05, 4.69) is 48.8 Å². The van der Waals surface area contributed by atoms with E-state index in [1.165, 1.54) is 16.9 Å². The number of benzene rings is 1. The highest BCUT2D eigenvalue weighted by Crippen LogP contribution is 2.10. The van der Waals surface area contributed by atoms with Crippen molar-refractivity contribution in [2.75, 3.05) is 32.5 Å². The first kappa shape index (κ1) is 13.5. The van der Waals surface area contributed by atoms with E-state index >= 15 is 0 Å². The predicted molar refractivity (Wildman–Crippen MR) is 80.9 cm³/mol. The summed E-state index contributed by atoms with van der Waals surface area (Å²) in [6, 6.07) is 8.86. The van der Waals surface area contributed by atoms with Crippen LogP contribution in [0.1, 0.15) is 5.56 Å². The van der Waals surface area contributed by atoms with Gasteiger partial charge >= 0.3 is 0 Å². The van der Waals surface area contributed by atoms with Crippen LogP contribution in [0.4, 0.5) is 0 Å². The highest BCUT2D eigenvalue weighted by molar-refractivity contribution is 6.90. The SMILES string of the molecule is C=Cc1cccc([Si](C)(C)CN2CCOCC2)c1. The number of rotatable bonds is 4. The lowest BCUT2D eigenvalue weighted by atomic mass is 10.2. The van der Waals surface area contributed by atoms with Crippen LogP contribution in [-0.4, -0.2) is 45.4 Å². The van der Waals surface area contributed by atoms with E-state index in [-0.39, 0.29) is 0 Å². The van der Waals surface area contributed by atoms with Gasteiger partial charge < -0.3 is 9.64 Å². The van der Waals surface area contributed by atoms with Crippen molar-refractivity contribution in [1.82, 2.24) is 4.90 Å². The standard InChI is InChI=1S/C15H23NOSi/c1-4-14-6-5-7-15(12-14)18(2,3)13-16-8-10-17-11-9-16/h4-7,12H,1,8-11,13H2,2-3H3. The van der Waals surface area contributed by atoms with Crippen LogP contribution in [0.3, 0.4) is 0 Å². The van der Waals surface area contributed by atoms with E-state index in [0.717, 1.165) is 26.3 Å². The van der Waals surface area contributed by atoms with Crippen LogP contribution >= 0.6 is 0 Å². The Morgan fingerprint density at radius 3 is 2.72 bits per heavy atom. The fourth-order valence-corrected chi connectivity index (χ4v) is 5.22. The maximum Gasteiger partial charge on any atom is 0.0949 e. The van der Waals surface area contributed by atoms with Gasteiger partial charge in [-0.1, -0.05) is 55.2 Å². The first-order valence-electron chi connectivity index (χ1n) is 6.65. The van der Waals surface area contributed by atoms with Crippen LogP contribution < -0.4 is 5.19 Å². The van der Waals surface area contributed by atoms with Crippen molar-refractivity contribution in [3.05, 3.63) is 36.4 Å². The summed E-state index contributed by atoms with van der Waals surface area (Å²) >= 11 is 0. The minimum absolute atomic E-state index is 0.886. The minimum atomic E-state index is -1.39. The molecule has 1 heterocycles. The van der Waals surface area contributed by atoms with E-state index in [0.29, 0.717) is 0 Å². The Bertz CT molecular complexity index is 411. The molecule has 18 heavy (non-hydrogen) atoms. The van der Waals surface area contributed by atoms with Gasteiger partial charge in [0.2, 0.25) is 0 Å². The Kier molecular flexibility index (Phi) is 4.38. The molecular weight excluding hydrogens is 238 g/mol. The quantitative estimate of drug-likeness (QED) is 0.770. The van der Waals surface area contributed by atoms with Crippen molar-refractivity contribution in [3.63, 3.8) is 0 Å². The van der Waals surface area contributed by atoms with Crippen LogP contribution in [0.25, 0.3) is 6.08 Å². The van der Waals surface area contributed by atoms with Gasteiger partial charge in [-0.2, -0.15) is 0 Å². The zero-order valence-corrected chi connectivity index (χ0v) is 12.5. The third-order valence-electron chi connectivity index (χ3n) is 3.63. The Labute approximate surface area is 111 Å². The topological polar surface area (TPSA) is 12.5 Å². The van der Waals surface area contributed by atoms with Gasteiger partial charge in [0.1, 0.15) is 0 Å². The lowest BCUT2D eigenvalue weighted by Gasteiger charge is -2.34. The van der Waals surface area contributed by atoms with Gasteiger partial charge in [-0.05, 0) is 11.7 Å². The van der Waals surface area contributed by atoms with Crippen LogP contribution in [0.2, 0.25) is 13.1 Å². The predicted octanol–water partition coefficient (Wildman–Crippen LogP) is 2.12. The molecule has 3 heteroatoms. The normalized spacial score (nSPS) is 17.7. The Morgan fingerprint density at radius 2 is 2.06 bits per heavy atom. The second kappa shape index (κ2) is 5.82. The highest BCUT2D eigenvalue weighted by atomic mass is 28.3. The minimum Gasteiger partial charge on any atom is -0.379 e. The summed E-state index contributed by atoms with van der Waals surface area (Å²) in [5.74, 6) is 0. The summed E-state index contributed by atoms with van der Waals surface area (Å²) in [7, 11) is -1.39. The molecule has 1 aliphatic heterocycles. The highest BCUT2D eigenvalue weighted by Gasteiger charge is 2.27. The van der Waals surface area contributed by atoms with Crippen LogP contribution in [0.15, 0.2) is 30.8 Å². The van der Waals surface area contributed by atoms with Gasteiger partial charge in [-0.25, -0.2) is 0 Å². The summed E-state index contributed by atoms with van der Waals surface area (Å²) < 4.78 is 5.42. The molecule has 1 aromatic rings. The molecule has 1 aliphatic rings. The molecule has 0 amide bonds. The molecule has 0 radical (unpaired) electrons. The van der Waals surface area contributed by atoms with Gasteiger partial charge in [0.25, 0.3) is 0 Å². The van der Waals surface area contributed by atoms with Crippen molar-refractivity contribution in [2.24, 2.45) is 0 Å². The molecule has 2 nitrogen and oxygen atoms in total. The number of hydrogen-bond donors (Lipinski definition) is 0. The maximum atomic E-state index is 5.42. The zero-order valence-electron chi connectivity index (χ0n) is 11.5. The van der Waals surface area contributed by atoms with Gasteiger partial charge in [-0.15, -0.1) is 0 Å². The van der Waals surface area contributed by atoms with E-state index in [1.807, 2.05) is 6.08 Å². The number of ether oxygens (including phenoxy) is 1. The van der Waals surface area contributed by atoms with Crippen molar-refractivity contribution in [2.45, 2.75) is 13.1 Å². The largest absolute Gasteiger partial charge is 0.379 e. The van der Waals surface area contributed by atoms with E-state index in [4.69, 9.17) is 4.74 Å². The second-order valence-corrected chi connectivity index (χ2v) is 10.3. The average Bonchev–Trinajstić information content (AvgIpc) is 2.39. The van der Waals surface area contributed by atoms with Gasteiger partial charge in [0.05, 0.1) is 21.3 Å². The zero-order chi connectivity index (χ0) is 13.0. The summed E-state index contributed by atoms with van der Waals surface area (Å²) in [6.45, 7) is 12.7. The third-order valence-corrected chi connectivity index (χ3v) is 6.74. The fourth-order valence-electron chi connectivity index (χ4n) is 2.50. The molecule has 1 aromatic carbocycles. The second-order valence-electron chi connectivity index (χ2n) is 5.60. The van der Waals surface area contributed by atoms with E-state index in [9.17, 15) is 0 Å². The summed E-state index contributed by atoms with van der Waals surface area (Å²) in [6.07, 6.45) is 3.15. The molecule has 0 aromatic heterocycles. The monoisotopic (exact) mass is 261 g/mol. The number of hydrogen-bond acceptors (Lipinski definition) is 2. The van der Waals surface area contributed by atoms with Crippen molar-refractivity contribution >= 4 is 19.3 Å². The Balaban J connectivity index is 2.10. The molecule has 0 aliphatic carbocycles. The summed E-state index contributed by atoms with van der Waals surface area (Å²) in [5, 5.41) is 1.52. The Hall–Kier alpha value is -0.903. The van der Waals surface area contributed by atoms with E-state index in [1.54, 1.807) is 0 Å². The molecule has 2 rings (SSSR count). The molecular formula is C15H23NOSi. The van der Waals surface area contributed by atoms with Gasteiger partial charge in [0, 0.05) is 13.1 Å². The maximum absolute atomic E-state index is 5.42. The van der Waals surface area contributed by atoms with Crippen molar-refractivity contribution in [1.29, 1.82) is 0 Å². The molecule has 0 unspecified atom stereocenters. The van der Waals surface area contributed by atoms with Crippen molar-refractivity contribution < 1.29 is 4.74 Å².